The van der Waals surface area contributed by atoms with Gasteiger partial charge in [-0.3, -0.25) is 0 Å². The zero-order valence-electron chi connectivity index (χ0n) is 24.2. The van der Waals surface area contributed by atoms with Crippen molar-refractivity contribution in [2.45, 2.75) is 58.0 Å². The summed E-state index contributed by atoms with van der Waals surface area (Å²) in [7, 11) is 0. The van der Waals surface area contributed by atoms with Crippen molar-refractivity contribution in [2.24, 2.45) is 0 Å². The Kier molecular flexibility index (Phi) is 4.42. The van der Waals surface area contributed by atoms with Crippen LogP contribution in [0.2, 0.25) is 0 Å². The van der Waals surface area contributed by atoms with Gasteiger partial charge in [0.05, 0.1) is 11.1 Å². The first kappa shape index (κ1) is 23.6. The summed E-state index contributed by atoms with van der Waals surface area (Å²) in [6, 6.07) is 36.5. The molecule has 0 aliphatic carbocycles. The highest BCUT2D eigenvalue weighted by Gasteiger charge is 2.68. The van der Waals surface area contributed by atoms with E-state index in [4.69, 9.17) is 0 Å². The van der Waals surface area contributed by atoms with Crippen LogP contribution in [0.5, 0.6) is 0 Å². The van der Waals surface area contributed by atoms with Gasteiger partial charge in [0, 0.05) is 23.8 Å². The average Bonchev–Trinajstić information content (AvgIpc) is 3.41. The lowest BCUT2D eigenvalue weighted by Crippen LogP contribution is -2.73. The van der Waals surface area contributed by atoms with E-state index in [0.717, 1.165) is 0 Å². The third-order valence-corrected chi connectivity index (χ3v) is 9.13. The van der Waals surface area contributed by atoms with Crippen LogP contribution >= 0.6 is 0 Å². The standard InChI is InChI=1S/C37H35N3/c1-35(2,3)24-21-25(36(4,5)6)23-26(22-24)39-32-18-11-14-28-30-16-9-10-20-38(30)37(34(28)32)29-15-8-7-13-27(29)31-17-12-19-33(39)40(31)37/h7-23H,1-6H3/q+2. The minimum atomic E-state index is -0.462. The number of rotatable bonds is 1. The van der Waals surface area contributed by atoms with Crippen LogP contribution in [-0.2, 0) is 16.5 Å². The third kappa shape index (κ3) is 2.80. The van der Waals surface area contributed by atoms with E-state index >= 15 is 0 Å². The van der Waals surface area contributed by atoms with Crippen molar-refractivity contribution in [2.75, 3.05) is 4.90 Å². The molecule has 5 aromatic rings. The maximum atomic E-state index is 2.60. The van der Waals surface area contributed by atoms with Gasteiger partial charge in [-0.15, -0.1) is 4.57 Å². The Labute approximate surface area is 237 Å². The molecular formula is C37H35N3+2. The van der Waals surface area contributed by atoms with Crippen molar-refractivity contribution in [1.29, 1.82) is 0 Å². The Balaban J connectivity index is 1.54. The molecule has 1 unspecified atom stereocenters. The van der Waals surface area contributed by atoms with Crippen LogP contribution < -0.4 is 14.0 Å². The Hall–Kier alpha value is -4.24. The number of anilines is 3. The Morgan fingerprint density at radius 3 is 2.02 bits per heavy atom. The summed E-state index contributed by atoms with van der Waals surface area (Å²) in [6.07, 6.45) is 2.27. The molecule has 196 valence electrons. The summed E-state index contributed by atoms with van der Waals surface area (Å²) < 4.78 is 5.10. The Morgan fingerprint density at radius 2 is 1.27 bits per heavy atom. The molecule has 5 heterocycles. The largest absolute Gasteiger partial charge is 0.368 e. The molecule has 0 radical (unpaired) electrons. The molecule has 1 spiro atoms. The molecule has 3 heteroatoms. The molecule has 3 aliphatic rings. The predicted octanol–water partition coefficient (Wildman–Crippen LogP) is 7.90. The van der Waals surface area contributed by atoms with E-state index in [9.17, 15) is 0 Å². The summed E-state index contributed by atoms with van der Waals surface area (Å²) in [5, 5.41) is 0. The molecule has 0 fully saturated rings. The topological polar surface area (TPSA) is 11.0 Å². The highest BCUT2D eigenvalue weighted by molar-refractivity contribution is 5.87. The van der Waals surface area contributed by atoms with Crippen LogP contribution in [-0.4, -0.2) is 0 Å². The SMILES string of the molecule is CC(C)(C)c1cc(N2c3cccc4c3C3(c5ccccc5-c5cccc2[n+]53)[n+]2ccccc2-4)cc(C(C)(C)C)c1. The summed E-state index contributed by atoms with van der Waals surface area (Å²) in [6.45, 7) is 13.9. The fraction of sp³-hybridized carbons (Fsp3) is 0.243. The normalized spacial score (nSPS) is 17.8. The monoisotopic (exact) mass is 521 g/mol. The number of fused-ring (bicyclic) bond motifs is 4. The minimum absolute atomic E-state index is 0.0301. The predicted molar refractivity (Wildman–Crippen MR) is 161 cm³/mol. The van der Waals surface area contributed by atoms with Crippen molar-refractivity contribution in [3.63, 3.8) is 0 Å². The maximum Gasteiger partial charge on any atom is 0.368 e. The summed E-state index contributed by atoms with van der Waals surface area (Å²) >= 11 is 0. The second-order valence-corrected chi connectivity index (χ2v) is 13.6. The van der Waals surface area contributed by atoms with E-state index in [1.807, 2.05) is 0 Å². The van der Waals surface area contributed by atoms with Gasteiger partial charge in [0.2, 0.25) is 5.69 Å². The van der Waals surface area contributed by atoms with Crippen LogP contribution in [0.4, 0.5) is 17.2 Å². The van der Waals surface area contributed by atoms with E-state index in [1.54, 1.807) is 0 Å². The summed E-state index contributed by atoms with van der Waals surface area (Å²) in [5.41, 5.74) is 12.6. The molecule has 0 amide bonds. The van der Waals surface area contributed by atoms with Crippen LogP contribution in [0.3, 0.4) is 0 Å². The van der Waals surface area contributed by atoms with E-state index in [-0.39, 0.29) is 10.8 Å². The fourth-order valence-electron chi connectivity index (χ4n) is 7.21. The van der Waals surface area contributed by atoms with Gasteiger partial charge in [0.15, 0.2) is 6.20 Å². The van der Waals surface area contributed by atoms with Gasteiger partial charge < -0.3 is 0 Å². The molecule has 3 nitrogen and oxygen atoms in total. The fourth-order valence-corrected chi connectivity index (χ4v) is 7.21. The number of nitrogens with zero attached hydrogens (tertiary/aromatic N) is 3. The molecular weight excluding hydrogens is 486 g/mol. The zero-order valence-corrected chi connectivity index (χ0v) is 24.2. The molecule has 0 N–H and O–H groups in total. The van der Waals surface area contributed by atoms with Crippen molar-refractivity contribution >= 4 is 17.2 Å². The van der Waals surface area contributed by atoms with E-state index in [2.05, 4.69) is 159 Å². The summed E-state index contributed by atoms with van der Waals surface area (Å²) in [4.78, 5) is 2.52. The van der Waals surface area contributed by atoms with Gasteiger partial charge in [-0.2, -0.15) is 9.47 Å². The van der Waals surface area contributed by atoms with Crippen molar-refractivity contribution in [3.05, 3.63) is 126 Å². The van der Waals surface area contributed by atoms with Crippen molar-refractivity contribution in [1.82, 2.24) is 0 Å². The quantitative estimate of drug-likeness (QED) is 0.200. The number of hydrogen-bond acceptors (Lipinski definition) is 1. The lowest BCUT2D eigenvalue weighted by atomic mass is 9.80. The number of aromatic nitrogens is 2. The highest BCUT2D eigenvalue weighted by atomic mass is 15.4. The van der Waals surface area contributed by atoms with E-state index in [1.165, 1.54) is 62.0 Å². The van der Waals surface area contributed by atoms with Crippen LogP contribution in [0.25, 0.3) is 22.5 Å². The first-order valence-electron chi connectivity index (χ1n) is 14.4. The molecule has 0 saturated carbocycles. The van der Waals surface area contributed by atoms with Gasteiger partial charge in [-0.25, -0.2) is 0 Å². The molecule has 0 saturated heterocycles. The second-order valence-electron chi connectivity index (χ2n) is 13.6. The van der Waals surface area contributed by atoms with Gasteiger partial charge in [-0.1, -0.05) is 65.8 Å². The molecule has 40 heavy (non-hydrogen) atoms. The molecule has 8 rings (SSSR count). The van der Waals surface area contributed by atoms with Crippen LogP contribution in [0.1, 0.15) is 63.8 Å². The van der Waals surface area contributed by atoms with Crippen molar-refractivity contribution in [3.8, 4) is 22.5 Å². The number of pyridine rings is 2. The molecule has 0 bridgehead atoms. The lowest BCUT2D eigenvalue weighted by molar-refractivity contribution is -0.950. The molecule has 1 atom stereocenters. The summed E-state index contributed by atoms with van der Waals surface area (Å²) in [5.74, 6) is 1.19. The maximum absolute atomic E-state index is 2.60. The first-order chi connectivity index (χ1) is 19.1. The first-order valence-corrected chi connectivity index (χ1v) is 14.4. The van der Waals surface area contributed by atoms with E-state index in [0.29, 0.717) is 0 Å². The molecule has 2 aromatic heterocycles. The third-order valence-electron chi connectivity index (χ3n) is 9.13. The Morgan fingerprint density at radius 1 is 0.625 bits per heavy atom. The average molecular weight is 522 g/mol. The Bertz CT molecular complexity index is 1750. The minimum Gasteiger partial charge on any atom is -0.192 e. The van der Waals surface area contributed by atoms with Crippen LogP contribution in [0, 0.1) is 0 Å². The van der Waals surface area contributed by atoms with E-state index < -0.39 is 5.66 Å². The number of hydrogen-bond donors (Lipinski definition) is 0. The molecule has 3 aromatic carbocycles. The highest BCUT2D eigenvalue weighted by Crippen LogP contribution is 2.56. The number of benzene rings is 3. The lowest BCUT2D eigenvalue weighted by Gasteiger charge is -2.33. The second kappa shape index (κ2) is 7.48. The van der Waals surface area contributed by atoms with Gasteiger partial charge >= 0.3 is 5.66 Å². The zero-order chi connectivity index (χ0) is 27.6. The van der Waals surface area contributed by atoms with Gasteiger partial charge in [0.25, 0.3) is 5.82 Å². The van der Waals surface area contributed by atoms with Crippen molar-refractivity contribution < 1.29 is 9.13 Å². The molecule has 3 aliphatic heterocycles. The van der Waals surface area contributed by atoms with Gasteiger partial charge in [-0.05, 0) is 76.6 Å². The van der Waals surface area contributed by atoms with Gasteiger partial charge in [0.1, 0.15) is 22.6 Å². The van der Waals surface area contributed by atoms with Crippen LogP contribution in [0.15, 0.2) is 103 Å². The smallest absolute Gasteiger partial charge is 0.192 e.